The second-order valence-electron chi connectivity index (χ2n) is 3.53. The molecule has 2 N–H and O–H groups in total. The molecular formula is C8H13F2NO2. The van der Waals surface area contributed by atoms with E-state index in [4.69, 9.17) is 5.11 Å². The van der Waals surface area contributed by atoms with Gasteiger partial charge in [-0.05, 0) is 6.92 Å². The predicted octanol–water partition coefficient (Wildman–Crippen LogP) is 0.385. The lowest BCUT2D eigenvalue weighted by Crippen LogP contribution is -2.37. The van der Waals surface area contributed by atoms with E-state index in [1.165, 1.54) is 6.92 Å². The molecular weight excluding hydrogens is 180 g/mol. The summed E-state index contributed by atoms with van der Waals surface area (Å²) < 4.78 is 25.3. The molecule has 0 radical (unpaired) electrons. The van der Waals surface area contributed by atoms with Crippen molar-refractivity contribution < 1.29 is 18.7 Å². The van der Waals surface area contributed by atoms with Crippen molar-refractivity contribution in [3.8, 4) is 0 Å². The van der Waals surface area contributed by atoms with Crippen molar-refractivity contribution in [1.82, 2.24) is 5.32 Å². The summed E-state index contributed by atoms with van der Waals surface area (Å²) >= 11 is 0. The zero-order chi connectivity index (χ0) is 10.2. The first-order valence-corrected chi connectivity index (χ1v) is 4.20. The monoisotopic (exact) mass is 193 g/mol. The summed E-state index contributed by atoms with van der Waals surface area (Å²) in [6.07, 6.45) is 0. The SMILES string of the molecule is CC(CO)NC(=O)C1C(C)C1(F)F. The lowest BCUT2D eigenvalue weighted by molar-refractivity contribution is -0.125. The Morgan fingerprint density at radius 1 is 1.69 bits per heavy atom. The smallest absolute Gasteiger partial charge is 0.263 e. The normalized spacial score (nSPS) is 32.4. The molecule has 1 fully saturated rings. The van der Waals surface area contributed by atoms with Crippen molar-refractivity contribution in [1.29, 1.82) is 0 Å². The van der Waals surface area contributed by atoms with Crippen LogP contribution in [-0.4, -0.2) is 29.6 Å². The maximum absolute atomic E-state index is 12.7. The van der Waals surface area contributed by atoms with Gasteiger partial charge >= 0.3 is 0 Å². The van der Waals surface area contributed by atoms with Crippen molar-refractivity contribution >= 4 is 5.91 Å². The van der Waals surface area contributed by atoms with Crippen molar-refractivity contribution in [2.24, 2.45) is 11.8 Å². The van der Waals surface area contributed by atoms with Crippen LogP contribution in [0.5, 0.6) is 0 Å². The van der Waals surface area contributed by atoms with E-state index in [1.54, 1.807) is 6.92 Å². The van der Waals surface area contributed by atoms with Crippen LogP contribution < -0.4 is 5.32 Å². The van der Waals surface area contributed by atoms with Gasteiger partial charge in [0.2, 0.25) is 5.91 Å². The van der Waals surface area contributed by atoms with E-state index in [0.29, 0.717) is 0 Å². The summed E-state index contributed by atoms with van der Waals surface area (Å²) in [4.78, 5) is 11.1. The average Bonchev–Trinajstić information content (AvgIpc) is 2.51. The van der Waals surface area contributed by atoms with Gasteiger partial charge in [0, 0.05) is 12.0 Å². The summed E-state index contributed by atoms with van der Waals surface area (Å²) in [5, 5.41) is 10.9. The van der Waals surface area contributed by atoms with E-state index >= 15 is 0 Å². The quantitative estimate of drug-likeness (QED) is 0.681. The Balaban J connectivity index is 2.43. The number of rotatable bonds is 3. The lowest BCUT2D eigenvalue weighted by Gasteiger charge is -2.09. The van der Waals surface area contributed by atoms with Gasteiger partial charge in [0.15, 0.2) is 0 Å². The van der Waals surface area contributed by atoms with Crippen LogP contribution in [0.15, 0.2) is 0 Å². The van der Waals surface area contributed by atoms with Crippen LogP contribution in [0.25, 0.3) is 0 Å². The first-order chi connectivity index (χ1) is 5.91. The van der Waals surface area contributed by atoms with Gasteiger partial charge in [-0.1, -0.05) is 6.92 Å². The fourth-order valence-corrected chi connectivity index (χ4v) is 1.26. The first kappa shape index (κ1) is 10.4. The highest BCUT2D eigenvalue weighted by atomic mass is 19.3. The van der Waals surface area contributed by atoms with Crippen LogP contribution in [-0.2, 0) is 4.79 Å². The number of hydrogen-bond donors (Lipinski definition) is 2. The van der Waals surface area contributed by atoms with E-state index in [2.05, 4.69) is 5.32 Å². The van der Waals surface area contributed by atoms with Crippen LogP contribution in [0.2, 0.25) is 0 Å². The first-order valence-electron chi connectivity index (χ1n) is 4.20. The molecule has 0 aliphatic heterocycles. The molecule has 0 heterocycles. The molecule has 0 saturated heterocycles. The molecule has 1 rings (SSSR count). The van der Waals surface area contributed by atoms with Gasteiger partial charge in [-0.2, -0.15) is 0 Å². The van der Waals surface area contributed by atoms with Gasteiger partial charge in [0.1, 0.15) is 5.92 Å². The number of nitrogens with one attached hydrogen (secondary N) is 1. The Hall–Kier alpha value is -0.710. The Labute approximate surface area is 75.1 Å². The van der Waals surface area contributed by atoms with Gasteiger partial charge in [-0.25, -0.2) is 8.78 Å². The maximum atomic E-state index is 12.7. The van der Waals surface area contributed by atoms with Crippen LogP contribution in [0.1, 0.15) is 13.8 Å². The Kier molecular flexibility index (Phi) is 2.56. The number of amides is 1. The van der Waals surface area contributed by atoms with Crippen molar-refractivity contribution in [2.75, 3.05) is 6.61 Å². The molecule has 1 aliphatic carbocycles. The fraction of sp³-hybridized carbons (Fsp3) is 0.875. The number of aliphatic hydroxyl groups is 1. The number of alkyl halides is 2. The highest BCUT2D eigenvalue weighted by Gasteiger charge is 2.69. The molecule has 1 aliphatic rings. The van der Waals surface area contributed by atoms with Crippen LogP contribution in [0.3, 0.4) is 0 Å². The van der Waals surface area contributed by atoms with Gasteiger partial charge in [-0.3, -0.25) is 4.79 Å². The topological polar surface area (TPSA) is 49.3 Å². The molecule has 1 saturated carbocycles. The van der Waals surface area contributed by atoms with Crippen LogP contribution in [0, 0.1) is 11.8 Å². The molecule has 0 aromatic carbocycles. The number of halogens is 2. The molecule has 1 amide bonds. The summed E-state index contributed by atoms with van der Waals surface area (Å²) in [5.41, 5.74) is 0. The van der Waals surface area contributed by atoms with Crippen LogP contribution in [0.4, 0.5) is 8.78 Å². The minimum atomic E-state index is -2.86. The van der Waals surface area contributed by atoms with E-state index in [1.807, 2.05) is 0 Å². The number of hydrogen-bond acceptors (Lipinski definition) is 2. The highest BCUT2D eigenvalue weighted by molar-refractivity contribution is 5.83. The fourth-order valence-electron chi connectivity index (χ4n) is 1.26. The highest BCUT2D eigenvalue weighted by Crippen LogP contribution is 2.54. The lowest BCUT2D eigenvalue weighted by atomic mass is 10.3. The summed E-state index contributed by atoms with van der Waals surface area (Å²) in [7, 11) is 0. The largest absolute Gasteiger partial charge is 0.394 e. The molecule has 13 heavy (non-hydrogen) atoms. The van der Waals surface area contributed by atoms with Crippen LogP contribution >= 0.6 is 0 Å². The molecule has 3 unspecified atom stereocenters. The van der Waals surface area contributed by atoms with Crippen molar-refractivity contribution in [2.45, 2.75) is 25.8 Å². The maximum Gasteiger partial charge on any atom is 0.263 e. The zero-order valence-electron chi connectivity index (χ0n) is 7.55. The standard InChI is InChI=1S/C8H13F2NO2/c1-4(3-12)11-7(13)6-5(2)8(6,9)10/h4-6,12H,3H2,1-2H3,(H,11,13). The van der Waals surface area contributed by atoms with Crippen molar-refractivity contribution in [3.63, 3.8) is 0 Å². The molecule has 0 aromatic rings. The van der Waals surface area contributed by atoms with Gasteiger partial charge in [0.25, 0.3) is 5.92 Å². The molecule has 0 bridgehead atoms. The van der Waals surface area contributed by atoms with Gasteiger partial charge in [0.05, 0.1) is 6.61 Å². The summed E-state index contributed by atoms with van der Waals surface area (Å²) in [6, 6.07) is -0.462. The third kappa shape index (κ3) is 1.80. The third-order valence-corrected chi connectivity index (χ3v) is 2.36. The second kappa shape index (κ2) is 3.21. The molecule has 0 aromatic heterocycles. The molecule has 3 atom stereocenters. The average molecular weight is 193 g/mol. The molecule has 76 valence electrons. The number of aliphatic hydroxyl groups excluding tert-OH is 1. The van der Waals surface area contributed by atoms with E-state index < -0.39 is 29.7 Å². The van der Waals surface area contributed by atoms with Gasteiger partial charge < -0.3 is 10.4 Å². The van der Waals surface area contributed by atoms with E-state index in [-0.39, 0.29) is 6.61 Å². The zero-order valence-corrected chi connectivity index (χ0v) is 7.55. The van der Waals surface area contributed by atoms with E-state index in [0.717, 1.165) is 0 Å². The number of carbonyl (C=O) groups excluding carboxylic acids is 1. The summed E-state index contributed by atoms with van der Waals surface area (Å²) in [6.45, 7) is 2.66. The third-order valence-electron chi connectivity index (χ3n) is 2.36. The van der Waals surface area contributed by atoms with Gasteiger partial charge in [-0.15, -0.1) is 0 Å². The minimum absolute atomic E-state index is 0.238. The molecule has 0 spiro atoms. The molecule has 5 heteroatoms. The Morgan fingerprint density at radius 2 is 2.15 bits per heavy atom. The van der Waals surface area contributed by atoms with Crippen molar-refractivity contribution in [3.05, 3.63) is 0 Å². The number of carbonyl (C=O) groups is 1. The van der Waals surface area contributed by atoms with E-state index in [9.17, 15) is 13.6 Å². The predicted molar refractivity (Wildman–Crippen MR) is 42.3 cm³/mol. The minimum Gasteiger partial charge on any atom is -0.394 e. The Bertz CT molecular complexity index is 220. The second-order valence-corrected chi connectivity index (χ2v) is 3.53. The Morgan fingerprint density at radius 3 is 2.46 bits per heavy atom. The molecule has 3 nitrogen and oxygen atoms in total. The summed E-state index contributed by atoms with van der Waals surface area (Å²) in [5.74, 6) is -5.61.